The molecule has 154 valence electrons. The van der Waals surface area contributed by atoms with Gasteiger partial charge in [0.05, 0.1) is 17.3 Å². The molecule has 2 aromatic heterocycles. The molecular weight excluding hydrogens is 393 g/mol. The molecule has 0 aliphatic carbocycles. The van der Waals surface area contributed by atoms with Crippen LogP contribution in [0.4, 0.5) is 13.2 Å². The van der Waals surface area contributed by atoms with Crippen molar-refractivity contribution in [2.24, 2.45) is 5.73 Å². The largest absolute Gasteiger partial charge is 0.416 e. The number of nitrogens with two attached hydrogens (primary N) is 1. The van der Waals surface area contributed by atoms with E-state index in [2.05, 4.69) is 5.10 Å². The Bertz CT molecular complexity index is 1240. The first-order chi connectivity index (χ1) is 14.4. The number of nitrogens with zero attached hydrogens (tertiary/aromatic N) is 3. The first-order valence-electron chi connectivity index (χ1n) is 9.43. The van der Waals surface area contributed by atoms with Gasteiger partial charge in [0.1, 0.15) is 0 Å². The second kappa shape index (κ2) is 7.79. The van der Waals surface area contributed by atoms with Crippen LogP contribution in [0.15, 0.2) is 71.8 Å². The number of aryl methyl sites for hydroxylation is 1. The molecule has 2 N–H and O–H groups in total. The monoisotopic (exact) mass is 412 g/mol. The van der Waals surface area contributed by atoms with E-state index in [-0.39, 0.29) is 5.56 Å². The Labute approximate surface area is 170 Å². The highest BCUT2D eigenvalue weighted by Gasteiger charge is 2.29. The summed E-state index contributed by atoms with van der Waals surface area (Å²) >= 11 is 0. The van der Waals surface area contributed by atoms with E-state index in [0.29, 0.717) is 23.4 Å². The van der Waals surface area contributed by atoms with Crippen LogP contribution >= 0.6 is 0 Å². The molecule has 2 aromatic carbocycles. The molecular formula is C22H19F3N4O. The summed E-state index contributed by atoms with van der Waals surface area (Å²) in [6.45, 7) is 1.31. The van der Waals surface area contributed by atoms with Gasteiger partial charge >= 0.3 is 6.18 Å². The van der Waals surface area contributed by atoms with Gasteiger partial charge in [0.15, 0.2) is 0 Å². The van der Waals surface area contributed by atoms with Gasteiger partial charge in [-0.15, -0.1) is 0 Å². The lowest BCUT2D eigenvalue weighted by Crippen LogP contribution is -2.16. The summed E-state index contributed by atoms with van der Waals surface area (Å²) in [5, 5.41) is 5.27. The third kappa shape index (κ3) is 3.86. The van der Waals surface area contributed by atoms with Crippen LogP contribution in [-0.4, -0.2) is 20.9 Å². The van der Waals surface area contributed by atoms with Crippen molar-refractivity contribution >= 4 is 10.9 Å². The number of halogens is 3. The number of aromatic nitrogens is 3. The van der Waals surface area contributed by atoms with Crippen molar-refractivity contribution in [2.75, 3.05) is 6.54 Å². The average molecular weight is 412 g/mol. The minimum Gasteiger partial charge on any atom is -0.330 e. The van der Waals surface area contributed by atoms with Crippen LogP contribution in [0, 0.1) is 0 Å². The van der Waals surface area contributed by atoms with Crippen LogP contribution in [0.5, 0.6) is 0 Å². The fraction of sp³-hybridized carbons (Fsp3) is 0.182. The zero-order valence-electron chi connectivity index (χ0n) is 15.9. The average Bonchev–Trinajstić information content (AvgIpc) is 3.14. The van der Waals surface area contributed by atoms with Crippen LogP contribution in [0.25, 0.3) is 27.7 Å². The SMILES string of the molecule is NCCCn1ncc2cc(-n3ccc(-c4ccc(C(F)(F)F)cc4)cc3=O)ccc21. The molecule has 30 heavy (non-hydrogen) atoms. The zero-order chi connectivity index (χ0) is 21.3. The predicted octanol–water partition coefficient (Wildman–Crippen LogP) is 4.22. The van der Waals surface area contributed by atoms with E-state index in [1.165, 1.54) is 22.8 Å². The van der Waals surface area contributed by atoms with E-state index >= 15 is 0 Å². The molecule has 8 heteroatoms. The first kappa shape index (κ1) is 19.9. The van der Waals surface area contributed by atoms with Gasteiger partial charge in [-0.2, -0.15) is 18.3 Å². The molecule has 0 amide bonds. The normalized spacial score (nSPS) is 11.9. The lowest BCUT2D eigenvalue weighted by molar-refractivity contribution is -0.137. The fourth-order valence-corrected chi connectivity index (χ4v) is 3.37. The number of alkyl halides is 3. The summed E-state index contributed by atoms with van der Waals surface area (Å²) in [6, 6.07) is 13.5. The maximum absolute atomic E-state index is 12.7. The van der Waals surface area contributed by atoms with Gasteiger partial charge in [-0.3, -0.25) is 14.0 Å². The molecule has 4 rings (SSSR count). The quantitative estimate of drug-likeness (QED) is 0.534. The number of hydrogen-bond acceptors (Lipinski definition) is 3. The van der Waals surface area contributed by atoms with Crippen molar-refractivity contribution in [1.29, 1.82) is 0 Å². The Hall–Kier alpha value is -3.39. The summed E-state index contributed by atoms with van der Waals surface area (Å²) < 4.78 is 41.6. The summed E-state index contributed by atoms with van der Waals surface area (Å²) in [5.74, 6) is 0. The van der Waals surface area contributed by atoms with Gasteiger partial charge < -0.3 is 5.73 Å². The van der Waals surface area contributed by atoms with Gasteiger partial charge in [-0.25, -0.2) is 0 Å². The first-order valence-corrected chi connectivity index (χ1v) is 9.43. The molecule has 2 heterocycles. The second-order valence-electron chi connectivity index (χ2n) is 6.95. The predicted molar refractivity (Wildman–Crippen MR) is 109 cm³/mol. The van der Waals surface area contributed by atoms with Crippen molar-refractivity contribution < 1.29 is 13.2 Å². The summed E-state index contributed by atoms with van der Waals surface area (Å²) in [5.41, 5.74) is 7.31. The molecule has 0 unspecified atom stereocenters. The Kier molecular flexibility index (Phi) is 5.17. The van der Waals surface area contributed by atoms with Crippen LogP contribution < -0.4 is 11.3 Å². The van der Waals surface area contributed by atoms with Crippen LogP contribution in [0.3, 0.4) is 0 Å². The van der Waals surface area contributed by atoms with E-state index in [1.807, 2.05) is 22.9 Å². The maximum Gasteiger partial charge on any atom is 0.416 e. The molecule has 0 spiro atoms. The van der Waals surface area contributed by atoms with Gasteiger partial charge in [-0.05, 0) is 60.5 Å². The molecule has 0 fully saturated rings. The zero-order valence-corrected chi connectivity index (χ0v) is 15.9. The van der Waals surface area contributed by atoms with E-state index in [4.69, 9.17) is 5.73 Å². The Morgan fingerprint density at radius 3 is 2.40 bits per heavy atom. The number of benzene rings is 2. The Balaban J connectivity index is 1.64. The van der Waals surface area contributed by atoms with E-state index in [1.54, 1.807) is 18.5 Å². The van der Waals surface area contributed by atoms with Crippen molar-refractivity contribution in [2.45, 2.75) is 19.1 Å². The van der Waals surface area contributed by atoms with E-state index in [0.717, 1.165) is 36.0 Å². The van der Waals surface area contributed by atoms with Crippen molar-refractivity contribution in [1.82, 2.24) is 14.3 Å². The minimum absolute atomic E-state index is 0.276. The van der Waals surface area contributed by atoms with Gasteiger partial charge in [0.25, 0.3) is 5.56 Å². The third-order valence-corrected chi connectivity index (χ3v) is 4.94. The standard InChI is InChI=1S/C22H19F3N4O/c23-22(24,25)18-4-2-15(3-5-18)16-8-11-28(21(30)13-16)19-6-7-20-17(12-19)14-27-29(20)10-1-9-26/h2-8,11-14H,1,9-10,26H2. The van der Waals surface area contributed by atoms with Gasteiger partial charge in [0, 0.05) is 29.9 Å². The lowest BCUT2D eigenvalue weighted by Gasteiger charge is -2.10. The van der Waals surface area contributed by atoms with Crippen molar-refractivity contribution in [3.05, 3.63) is 82.9 Å². The minimum atomic E-state index is -4.39. The van der Waals surface area contributed by atoms with E-state index < -0.39 is 11.7 Å². The van der Waals surface area contributed by atoms with Gasteiger partial charge in [0.2, 0.25) is 0 Å². The fourth-order valence-electron chi connectivity index (χ4n) is 3.37. The molecule has 0 bridgehead atoms. The summed E-state index contributed by atoms with van der Waals surface area (Å²) in [4.78, 5) is 12.7. The molecule has 0 saturated heterocycles. The Morgan fingerprint density at radius 1 is 0.967 bits per heavy atom. The number of fused-ring (bicyclic) bond motifs is 1. The lowest BCUT2D eigenvalue weighted by atomic mass is 10.0. The van der Waals surface area contributed by atoms with Crippen molar-refractivity contribution in [3.63, 3.8) is 0 Å². The molecule has 0 aliphatic rings. The maximum atomic E-state index is 12.7. The van der Waals surface area contributed by atoms with Crippen LogP contribution in [0.1, 0.15) is 12.0 Å². The molecule has 5 nitrogen and oxygen atoms in total. The highest BCUT2D eigenvalue weighted by Crippen LogP contribution is 2.30. The third-order valence-electron chi connectivity index (χ3n) is 4.94. The van der Waals surface area contributed by atoms with E-state index in [9.17, 15) is 18.0 Å². The second-order valence-corrected chi connectivity index (χ2v) is 6.95. The van der Waals surface area contributed by atoms with Crippen LogP contribution in [-0.2, 0) is 12.7 Å². The summed E-state index contributed by atoms with van der Waals surface area (Å²) in [7, 11) is 0. The number of rotatable bonds is 5. The van der Waals surface area contributed by atoms with Crippen LogP contribution in [0.2, 0.25) is 0 Å². The number of hydrogen-bond donors (Lipinski definition) is 1. The number of pyridine rings is 1. The topological polar surface area (TPSA) is 65.8 Å². The molecule has 0 radical (unpaired) electrons. The molecule has 0 aliphatic heterocycles. The highest BCUT2D eigenvalue weighted by molar-refractivity contribution is 5.81. The highest BCUT2D eigenvalue weighted by atomic mass is 19.4. The molecule has 0 atom stereocenters. The summed E-state index contributed by atoms with van der Waals surface area (Å²) in [6.07, 6.45) is -0.200. The Morgan fingerprint density at radius 2 is 1.73 bits per heavy atom. The van der Waals surface area contributed by atoms with Crippen molar-refractivity contribution in [3.8, 4) is 16.8 Å². The smallest absolute Gasteiger partial charge is 0.330 e. The molecule has 4 aromatic rings. The van der Waals surface area contributed by atoms with Gasteiger partial charge in [-0.1, -0.05) is 12.1 Å². The molecule has 0 saturated carbocycles.